The lowest BCUT2D eigenvalue weighted by Gasteiger charge is -2.09. The largest absolute Gasteiger partial charge is 0.493 e. The van der Waals surface area contributed by atoms with Gasteiger partial charge in [-0.15, -0.1) is 0 Å². The van der Waals surface area contributed by atoms with Gasteiger partial charge in [-0.2, -0.15) is 0 Å². The van der Waals surface area contributed by atoms with E-state index < -0.39 is 0 Å². The third kappa shape index (κ3) is 2.73. The number of benzene rings is 2. The first-order valence-electron chi connectivity index (χ1n) is 6.16. The monoisotopic (exact) mass is 321 g/mol. The molecule has 2 aromatic rings. The SMILES string of the molecule is Fc1ccc(Br)cc1CNc1ccc2c(c1)CCO2. The standard InChI is InChI=1S/C15H13BrFNO/c16-12-1-3-14(17)11(7-12)9-18-13-2-4-15-10(8-13)5-6-19-15/h1-4,7-8,18H,5-6,9H2. The predicted molar refractivity (Wildman–Crippen MR) is 77.1 cm³/mol. The van der Waals surface area contributed by atoms with Crippen LogP contribution in [0.1, 0.15) is 11.1 Å². The maximum Gasteiger partial charge on any atom is 0.128 e. The lowest BCUT2D eigenvalue weighted by Crippen LogP contribution is -2.02. The molecule has 0 aromatic heterocycles. The van der Waals surface area contributed by atoms with Gasteiger partial charge in [0.2, 0.25) is 0 Å². The number of fused-ring (bicyclic) bond motifs is 1. The van der Waals surface area contributed by atoms with Crippen molar-refractivity contribution in [2.24, 2.45) is 0 Å². The molecule has 0 unspecified atom stereocenters. The fraction of sp³-hybridized carbons (Fsp3) is 0.200. The molecule has 1 aliphatic rings. The summed E-state index contributed by atoms with van der Waals surface area (Å²) >= 11 is 3.35. The molecule has 0 fully saturated rings. The maximum absolute atomic E-state index is 13.6. The zero-order valence-electron chi connectivity index (χ0n) is 10.2. The van der Waals surface area contributed by atoms with Crippen molar-refractivity contribution in [3.05, 3.63) is 57.8 Å². The van der Waals surface area contributed by atoms with Crippen molar-refractivity contribution in [3.8, 4) is 5.75 Å². The second kappa shape index (κ2) is 5.21. The number of hydrogen-bond acceptors (Lipinski definition) is 2. The average Bonchev–Trinajstić information content (AvgIpc) is 2.87. The maximum atomic E-state index is 13.6. The molecule has 0 radical (unpaired) electrons. The Bertz CT molecular complexity index is 615. The van der Waals surface area contributed by atoms with Crippen molar-refractivity contribution in [2.75, 3.05) is 11.9 Å². The number of hydrogen-bond donors (Lipinski definition) is 1. The Balaban J connectivity index is 1.74. The normalized spacial score (nSPS) is 12.9. The molecule has 0 atom stereocenters. The first kappa shape index (κ1) is 12.5. The summed E-state index contributed by atoms with van der Waals surface area (Å²) in [6.45, 7) is 1.21. The second-order valence-corrected chi connectivity index (χ2v) is 5.43. The van der Waals surface area contributed by atoms with Crippen molar-refractivity contribution in [1.82, 2.24) is 0 Å². The fourth-order valence-electron chi connectivity index (χ4n) is 2.17. The molecule has 1 heterocycles. The van der Waals surface area contributed by atoms with Gasteiger partial charge in [-0.3, -0.25) is 0 Å². The van der Waals surface area contributed by atoms with Crippen LogP contribution < -0.4 is 10.1 Å². The molecule has 19 heavy (non-hydrogen) atoms. The number of ether oxygens (including phenoxy) is 1. The second-order valence-electron chi connectivity index (χ2n) is 4.51. The van der Waals surface area contributed by atoms with Crippen molar-refractivity contribution in [1.29, 1.82) is 0 Å². The number of nitrogens with one attached hydrogen (secondary N) is 1. The van der Waals surface area contributed by atoms with Gasteiger partial charge in [0.05, 0.1) is 6.61 Å². The van der Waals surface area contributed by atoms with E-state index in [9.17, 15) is 4.39 Å². The van der Waals surface area contributed by atoms with Crippen molar-refractivity contribution < 1.29 is 9.13 Å². The first-order valence-corrected chi connectivity index (χ1v) is 6.95. The molecule has 2 aromatic carbocycles. The molecular formula is C15H13BrFNO. The Hall–Kier alpha value is -1.55. The molecule has 3 rings (SSSR count). The van der Waals surface area contributed by atoms with Crippen LogP contribution >= 0.6 is 15.9 Å². The van der Waals surface area contributed by atoms with Crippen molar-refractivity contribution in [2.45, 2.75) is 13.0 Å². The molecule has 0 amide bonds. The summed E-state index contributed by atoms with van der Waals surface area (Å²) in [5, 5.41) is 3.24. The molecule has 4 heteroatoms. The summed E-state index contributed by atoms with van der Waals surface area (Å²) in [7, 11) is 0. The molecule has 1 N–H and O–H groups in total. The topological polar surface area (TPSA) is 21.3 Å². The Morgan fingerprint density at radius 2 is 2.11 bits per heavy atom. The van der Waals surface area contributed by atoms with E-state index in [4.69, 9.17) is 4.74 Å². The van der Waals surface area contributed by atoms with E-state index in [1.807, 2.05) is 12.1 Å². The Morgan fingerprint density at radius 1 is 1.21 bits per heavy atom. The molecule has 98 valence electrons. The van der Waals surface area contributed by atoms with E-state index in [1.165, 1.54) is 11.6 Å². The van der Waals surface area contributed by atoms with E-state index in [2.05, 4.69) is 27.3 Å². The predicted octanol–water partition coefficient (Wildman–Crippen LogP) is 4.14. The van der Waals surface area contributed by atoms with Crippen LogP contribution in [0.25, 0.3) is 0 Å². The van der Waals surface area contributed by atoms with Crippen LogP contribution in [0.15, 0.2) is 40.9 Å². The van der Waals surface area contributed by atoms with Gasteiger partial charge in [-0.05, 0) is 42.0 Å². The minimum Gasteiger partial charge on any atom is -0.493 e. The van der Waals surface area contributed by atoms with Crippen molar-refractivity contribution in [3.63, 3.8) is 0 Å². The van der Waals surface area contributed by atoms with E-state index in [-0.39, 0.29) is 5.82 Å². The molecule has 1 aliphatic heterocycles. The van der Waals surface area contributed by atoms with Crippen LogP contribution in [0.3, 0.4) is 0 Å². The summed E-state index contributed by atoms with van der Waals surface area (Å²) in [6, 6.07) is 10.9. The highest BCUT2D eigenvalue weighted by Crippen LogP contribution is 2.28. The van der Waals surface area contributed by atoms with E-state index in [0.29, 0.717) is 12.1 Å². The lowest BCUT2D eigenvalue weighted by atomic mass is 10.1. The van der Waals surface area contributed by atoms with Gasteiger partial charge in [0.1, 0.15) is 11.6 Å². The molecule has 2 nitrogen and oxygen atoms in total. The third-order valence-corrected chi connectivity index (χ3v) is 3.67. The van der Waals surface area contributed by atoms with Crippen LogP contribution in [-0.4, -0.2) is 6.61 Å². The van der Waals surface area contributed by atoms with Crippen LogP contribution in [0.2, 0.25) is 0 Å². The summed E-state index contributed by atoms with van der Waals surface area (Å²) in [5.41, 5.74) is 2.84. The highest BCUT2D eigenvalue weighted by atomic mass is 79.9. The Morgan fingerprint density at radius 3 is 3.00 bits per heavy atom. The smallest absolute Gasteiger partial charge is 0.128 e. The number of rotatable bonds is 3. The highest BCUT2D eigenvalue weighted by Gasteiger charge is 2.12. The van der Waals surface area contributed by atoms with Crippen LogP contribution in [0.4, 0.5) is 10.1 Å². The number of halogens is 2. The van der Waals surface area contributed by atoms with Crippen LogP contribution in [0.5, 0.6) is 5.75 Å². The van der Waals surface area contributed by atoms with Gasteiger partial charge in [0.25, 0.3) is 0 Å². The quantitative estimate of drug-likeness (QED) is 0.917. The van der Waals surface area contributed by atoms with E-state index in [0.717, 1.165) is 28.9 Å². The van der Waals surface area contributed by atoms with Crippen LogP contribution in [-0.2, 0) is 13.0 Å². The minimum atomic E-state index is -0.194. The average molecular weight is 322 g/mol. The zero-order chi connectivity index (χ0) is 13.2. The summed E-state index contributed by atoms with van der Waals surface area (Å²) in [4.78, 5) is 0. The highest BCUT2D eigenvalue weighted by molar-refractivity contribution is 9.10. The summed E-state index contributed by atoms with van der Waals surface area (Å²) in [5.74, 6) is 0.763. The molecule has 0 bridgehead atoms. The van der Waals surface area contributed by atoms with Gasteiger partial charge >= 0.3 is 0 Å². The van der Waals surface area contributed by atoms with Crippen molar-refractivity contribution >= 4 is 21.6 Å². The van der Waals surface area contributed by atoms with Crippen LogP contribution in [0, 0.1) is 5.82 Å². The Labute approximate surface area is 119 Å². The van der Waals surface area contributed by atoms with Gasteiger partial charge in [-0.25, -0.2) is 4.39 Å². The van der Waals surface area contributed by atoms with Gasteiger partial charge in [-0.1, -0.05) is 15.9 Å². The first-order chi connectivity index (χ1) is 9.22. The summed E-state index contributed by atoms with van der Waals surface area (Å²) in [6.07, 6.45) is 0.941. The molecule has 0 spiro atoms. The molecule has 0 saturated heterocycles. The minimum absolute atomic E-state index is 0.194. The fourth-order valence-corrected chi connectivity index (χ4v) is 2.58. The summed E-state index contributed by atoms with van der Waals surface area (Å²) < 4.78 is 20.0. The lowest BCUT2D eigenvalue weighted by molar-refractivity contribution is 0.357. The van der Waals surface area contributed by atoms with Gasteiger partial charge < -0.3 is 10.1 Å². The zero-order valence-corrected chi connectivity index (χ0v) is 11.8. The number of anilines is 1. The van der Waals surface area contributed by atoms with E-state index in [1.54, 1.807) is 12.1 Å². The van der Waals surface area contributed by atoms with Gasteiger partial charge in [0, 0.05) is 28.7 Å². The van der Waals surface area contributed by atoms with Gasteiger partial charge in [0.15, 0.2) is 0 Å². The molecule has 0 aliphatic carbocycles. The van der Waals surface area contributed by atoms with E-state index >= 15 is 0 Å². The third-order valence-electron chi connectivity index (χ3n) is 3.18. The molecular weight excluding hydrogens is 309 g/mol. The Kier molecular flexibility index (Phi) is 3.42. The molecule has 0 saturated carbocycles.